The van der Waals surface area contributed by atoms with Gasteiger partial charge in [-0.3, -0.25) is 10.4 Å². The molecule has 0 aromatic carbocycles. The van der Waals surface area contributed by atoms with Gasteiger partial charge >= 0.3 is 0 Å². The Morgan fingerprint density at radius 1 is 1.53 bits per heavy atom. The van der Waals surface area contributed by atoms with Crippen LogP contribution in [0, 0.1) is 0 Å². The van der Waals surface area contributed by atoms with E-state index in [4.69, 9.17) is 10.6 Å². The molecule has 1 aliphatic rings. The molecule has 0 aromatic heterocycles. The minimum absolute atomic E-state index is 0.318. The number of guanidine groups is 1. The number of aliphatic imine (C=N–C) groups is 1. The largest absolute Gasteiger partial charge is 0.376 e. The zero-order chi connectivity index (χ0) is 12.5. The molecular formula is C12H26N4O. The summed E-state index contributed by atoms with van der Waals surface area (Å²) in [5.74, 6) is 6.25. The normalized spacial score (nSPS) is 21.4. The SMILES string of the molecule is CCCCN=C(NN)N(C)CC1CCCCO1. The molecule has 1 atom stereocenters. The molecule has 0 spiro atoms. The molecule has 0 bridgehead atoms. The van der Waals surface area contributed by atoms with Gasteiger partial charge in [0.25, 0.3) is 0 Å². The molecule has 1 heterocycles. The van der Waals surface area contributed by atoms with Crippen LogP contribution >= 0.6 is 0 Å². The molecule has 1 aliphatic heterocycles. The number of hydrogen-bond acceptors (Lipinski definition) is 3. The van der Waals surface area contributed by atoms with Crippen molar-refractivity contribution in [2.45, 2.75) is 45.1 Å². The van der Waals surface area contributed by atoms with Crippen molar-refractivity contribution >= 4 is 5.96 Å². The molecule has 0 aliphatic carbocycles. The Balaban J connectivity index is 2.36. The zero-order valence-electron chi connectivity index (χ0n) is 11.1. The number of nitrogens with zero attached hydrogens (tertiary/aromatic N) is 2. The first-order valence-electron chi connectivity index (χ1n) is 6.61. The van der Waals surface area contributed by atoms with Crippen LogP contribution in [0.2, 0.25) is 0 Å². The lowest BCUT2D eigenvalue weighted by atomic mass is 10.1. The van der Waals surface area contributed by atoms with Crippen LogP contribution in [0.1, 0.15) is 39.0 Å². The molecule has 1 saturated heterocycles. The fraction of sp³-hybridized carbons (Fsp3) is 0.917. The summed E-state index contributed by atoms with van der Waals surface area (Å²) in [5, 5.41) is 0. The molecule has 0 amide bonds. The van der Waals surface area contributed by atoms with Gasteiger partial charge in [-0.05, 0) is 25.7 Å². The van der Waals surface area contributed by atoms with Crippen molar-refractivity contribution in [2.24, 2.45) is 10.8 Å². The molecule has 17 heavy (non-hydrogen) atoms. The molecule has 0 aromatic rings. The van der Waals surface area contributed by atoms with Gasteiger partial charge in [0.15, 0.2) is 0 Å². The minimum Gasteiger partial charge on any atom is -0.376 e. The van der Waals surface area contributed by atoms with Crippen LogP contribution in [0.3, 0.4) is 0 Å². The Bertz CT molecular complexity index is 227. The first-order valence-corrected chi connectivity index (χ1v) is 6.61. The van der Waals surface area contributed by atoms with Gasteiger partial charge in [0.2, 0.25) is 5.96 Å². The molecule has 5 nitrogen and oxygen atoms in total. The van der Waals surface area contributed by atoms with Crippen LogP contribution in [-0.4, -0.2) is 43.7 Å². The molecule has 5 heteroatoms. The van der Waals surface area contributed by atoms with E-state index in [9.17, 15) is 0 Å². The smallest absolute Gasteiger partial charge is 0.208 e. The molecule has 0 radical (unpaired) electrons. The van der Waals surface area contributed by atoms with Gasteiger partial charge in [0.1, 0.15) is 0 Å². The van der Waals surface area contributed by atoms with Crippen molar-refractivity contribution < 1.29 is 4.74 Å². The maximum absolute atomic E-state index is 5.70. The minimum atomic E-state index is 0.318. The highest BCUT2D eigenvalue weighted by atomic mass is 16.5. The molecular weight excluding hydrogens is 216 g/mol. The number of unbranched alkanes of at least 4 members (excludes halogenated alkanes) is 1. The number of nitrogens with one attached hydrogen (secondary N) is 1. The average molecular weight is 242 g/mol. The highest BCUT2D eigenvalue weighted by molar-refractivity contribution is 5.79. The number of hydrazine groups is 1. The van der Waals surface area contributed by atoms with Gasteiger partial charge < -0.3 is 9.64 Å². The van der Waals surface area contributed by atoms with Crippen molar-refractivity contribution in [3.8, 4) is 0 Å². The average Bonchev–Trinajstić information content (AvgIpc) is 2.36. The number of rotatable bonds is 5. The van der Waals surface area contributed by atoms with E-state index in [1.807, 2.05) is 11.9 Å². The molecule has 1 rings (SSSR count). The predicted octanol–water partition coefficient (Wildman–Crippen LogP) is 1.11. The van der Waals surface area contributed by atoms with Crippen LogP contribution in [0.25, 0.3) is 0 Å². The summed E-state index contributed by atoms with van der Waals surface area (Å²) >= 11 is 0. The van der Waals surface area contributed by atoms with Crippen LogP contribution in [0.5, 0.6) is 0 Å². The van der Waals surface area contributed by atoms with Crippen LogP contribution in [0.15, 0.2) is 4.99 Å². The monoisotopic (exact) mass is 242 g/mol. The third-order valence-corrected chi connectivity index (χ3v) is 3.02. The van der Waals surface area contributed by atoms with Crippen molar-refractivity contribution in [1.82, 2.24) is 10.3 Å². The Kier molecular flexibility index (Phi) is 6.96. The maximum atomic E-state index is 5.70. The number of likely N-dealkylation sites (N-methyl/N-ethyl adjacent to an activating group) is 1. The van der Waals surface area contributed by atoms with Crippen LogP contribution in [-0.2, 0) is 4.74 Å². The second-order valence-electron chi connectivity index (χ2n) is 4.57. The van der Waals surface area contributed by atoms with E-state index in [1.54, 1.807) is 0 Å². The quantitative estimate of drug-likeness (QED) is 0.249. The van der Waals surface area contributed by atoms with Crippen LogP contribution in [0.4, 0.5) is 0 Å². The maximum Gasteiger partial charge on any atom is 0.208 e. The van der Waals surface area contributed by atoms with E-state index in [2.05, 4.69) is 17.3 Å². The number of ether oxygens (including phenoxy) is 1. The van der Waals surface area contributed by atoms with E-state index >= 15 is 0 Å². The lowest BCUT2D eigenvalue weighted by Gasteiger charge is -2.28. The molecule has 1 unspecified atom stereocenters. The molecule has 0 saturated carbocycles. The lowest BCUT2D eigenvalue weighted by molar-refractivity contribution is 0.00675. The van der Waals surface area contributed by atoms with Gasteiger partial charge in [-0.25, -0.2) is 5.84 Å². The van der Waals surface area contributed by atoms with Crippen molar-refractivity contribution in [3.05, 3.63) is 0 Å². The highest BCUT2D eigenvalue weighted by Gasteiger charge is 2.17. The number of nitrogens with two attached hydrogens (primary N) is 1. The van der Waals surface area contributed by atoms with E-state index in [-0.39, 0.29) is 0 Å². The summed E-state index contributed by atoms with van der Waals surface area (Å²) in [4.78, 5) is 6.50. The lowest BCUT2D eigenvalue weighted by Crippen LogP contribution is -2.46. The molecule has 100 valence electrons. The Hall–Kier alpha value is -0.810. The van der Waals surface area contributed by atoms with Gasteiger partial charge in [-0.15, -0.1) is 0 Å². The summed E-state index contributed by atoms with van der Waals surface area (Å²) in [5.41, 5.74) is 2.67. The van der Waals surface area contributed by atoms with Gasteiger partial charge in [0, 0.05) is 26.7 Å². The zero-order valence-corrected chi connectivity index (χ0v) is 11.1. The highest BCUT2D eigenvalue weighted by Crippen LogP contribution is 2.13. The summed E-state index contributed by atoms with van der Waals surface area (Å²) in [6.45, 7) is 4.72. The fourth-order valence-corrected chi connectivity index (χ4v) is 1.96. The third-order valence-electron chi connectivity index (χ3n) is 3.02. The van der Waals surface area contributed by atoms with Gasteiger partial charge in [-0.1, -0.05) is 13.3 Å². The molecule has 3 N–H and O–H groups in total. The second-order valence-corrected chi connectivity index (χ2v) is 4.57. The van der Waals surface area contributed by atoms with Crippen molar-refractivity contribution in [2.75, 3.05) is 26.7 Å². The summed E-state index contributed by atoms with van der Waals surface area (Å²) in [6, 6.07) is 0. The first kappa shape index (κ1) is 14.3. The number of hydrogen-bond donors (Lipinski definition) is 2. The predicted molar refractivity (Wildman–Crippen MR) is 70.8 cm³/mol. The summed E-state index contributed by atoms with van der Waals surface area (Å²) < 4.78 is 5.70. The Labute approximate surface area is 104 Å². The van der Waals surface area contributed by atoms with Crippen LogP contribution < -0.4 is 11.3 Å². The van der Waals surface area contributed by atoms with E-state index in [1.165, 1.54) is 12.8 Å². The van der Waals surface area contributed by atoms with Crippen molar-refractivity contribution in [1.29, 1.82) is 0 Å². The van der Waals surface area contributed by atoms with E-state index in [0.717, 1.165) is 44.9 Å². The Morgan fingerprint density at radius 3 is 2.94 bits per heavy atom. The van der Waals surface area contributed by atoms with E-state index in [0.29, 0.717) is 6.10 Å². The first-order chi connectivity index (χ1) is 8.27. The van der Waals surface area contributed by atoms with Gasteiger partial charge in [-0.2, -0.15) is 0 Å². The van der Waals surface area contributed by atoms with E-state index < -0.39 is 0 Å². The fourth-order valence-electron chi connectivity index (χ4n) is 1.96. The topological polar surface area (TPSA) is 62.9 Å². The summed E-state index contributed by atoms with van der Waals surface area (Å²) in [7, 11) is 2.00. The standard InChI is InChI=1S/C12H26N4O/c1-3-4-8-14-12(15-13)16(2)10-11-7-5-6-9-17-11/h11H,3-10,13H2,1-2H3,(H,14,15). The Morgan fingerprint density at radius 2 is 2.35 bits per heavy atom. The van der Waals surface area contributed by atoms with Crippen molar-refractivity contribution in [3.63, 3.8) is 0 Å². The third kappa shape index (κ3) is 5.37. The molecule has 1 fully saturated rings. The second kappa shape index (κ2) is 8.31. The summed E-state index contributed by atoms with van der Waals surface area (Å²) in [6.07, 6.45) is 6.15. The van der Waals surface area contributed by atoms with Gasteiger partial charge in [0.05, 0.1) is 6.10 Å².